The number of rotatable bonds is 7. The average molecular weight is 428 g/mol. The number of amides is 1. The Morgan fingerprint density at radius 2 is 1.90 bits per heavy atom. The molecule has 31 heavy (non-hydrogen) atoms. The molecular weight excluding hydrogens is 390 g/mol. The number of hydrogen-bond acceptors (Lipinski definition) is 4. The molecule has 3 atom stereocenters. The molecule has 0 aromatic heterocycles. The summed E-state index contributed by atoms with van der Waals surface area (Å²) in [6.45, 7) is 2.78. The molecular formula is C24H37N5O2. The lowest BCUT2D eigenvalue weighted by Gasteiger charge is -2.39. The van der Waals surface area contributed by atoms with Crippen molar-refractivity contribution in [3.63, 3.8) is 0 Å². The molecule has 3 fully saturated rings. The maximum Gasteiger partial charge on any atom is 0.243 e. The number of hydrogen-bond donors (Lipinski definition) is 2. The lowest BCUT2D eigenvalue weighted by molar-refractivity contribution is -0.127. The van der Waals surface area contributed by atoms with Gasteiger partial charge in [0.05, 0.1) is 6.10 Å². The SMILES string of the molecule is CN(C)C(=O)CN=C(NCC1CCCO1)NC1CC2CCC(C1)N2Cc1ccccc1. The van der Waals surface area contributed by atoms with Crippen molar-refractivity contribution >= 4 is 11.9 Å². The topological polar surface area (TPSA) is 69.2 Å². The average Bonchev–Trinajstić information content (AvgIpc) is 3.36. The van der Waals surface area contributed by atoms with Crippen LogP contribution in [0.25, 0.3) is 0 Å². The van der Waals surface area contributed by atoms with Gasteiger partial charge >= 0.3 is 0 Å². The Labute approximate surface area is 186 Å². The smallest absolute Gasteiger partial charge is 0.243 e. The normalized spacial score (nSPS) is 28.5. The largest absolute Gasteiger partial charge is 0.376 e. The highest BCUT2D eigenvalue weighted by molar-refractivity contribution is 5.85. The van der Waals surface area contributed by atoms with E-state index in [1.807, 2.05) is 0 Å². The number of benzene rings is 1. The summed E-state index contributed by atoms with van der Waals surface area (Å²) in [5.41, 5.74) is 1.40. The number of carbonyl (C=O) groups is 1. The molecule has 0 radical (unpaired) electrons. The molecule has 0 spiro atoms. The first-order chi connectivity index (χ1) is 15.1. The summed E-state index contributed by atoms with van der Waals surface area (Å²) in [7, 11) is 3.54. The molecule has 4 rings (SSSR count). The molecule has 3 saturated heterocycles. The minimum Gasteiger partial charge on any atom is -0.376 e. The Balaban J connectivity index is 1.35. The summed E-state index contributed by atoms with van der Waals surface area (Å²) in [6, 6.07) is 12.4. The molecule has 1 aromatic carbocycles. The van der Waals surface area contributed by atoms with Crippen molar-refractivity contribution in [2.45, 2.75) is 69.3 Å². The molecule has 2 N–H and O–H groups in total. The molecule has 3 aliphatic rings. The van der Waals surface area contributed by atoms with Crippen molar-refractivity contribution in [3.05, 3.63) is 35.9 Å². The van der Waals surface area contributed by atoms with Gasteiger partial charge in [0.1, 0.15) is 6.54 Å². The first kappa shape index (κ1) is 22.1. The van der Waals surface area contributed by atoms with Crippen molar-refractivity contribution in [3.8, 4) is 0 Å². The van der Waals surface area contributed by atoms with Crippen LogP contribution >= 0.6 is 0 Å². The van der Waals surface area contributed by atoms with Gasteiger partial charge < -0.3 is 20.3 Å². The Morgan fingerprint density at radius 1 is 1.16 bits per heavy atom. The van der Waals surface area contributed by atoms with E-state index in [2.05, 4.69) is 50.9 Å². The number of carbonyl (C=O) groups excluding carboxylic acids is 1. The van der Waals surface area contributed by atoms with Gasteiger partial charge in [-0.15, -0.1) is 0 Å². The van der Waals surface area contributed by atoms with E-state index in [1.165, 1.54) is 18.4 Å². The van der Waals surface area contributed by atoms with E-state index in [0.717, 1.165) is 51.3 Å². The monoisotopic (exact) mass is 427 g/mol. The molecule has 7 nitrogen and oxygen atoms in total. The van der Waals surface area contributed by atoms with Crippen molar-refractivity contribution in [2.75, 3.05) is 33.8 Å². The summed E-state index contributed by atoms with van der Waals surface area (Å²) >= 11 is 0. The highest BCUT2D eigenvalue weighted by Gasteiger charge is 2.40. The van der Waals surface area contributed by atoms with E-state index in [9.17, 15) is 4.79 Å². The molecule has 7 heteroatoms. The lowest BCUT2D eigenvalue weighted by atomic mass is 9.96. The second kappa shape index (κ2) is 10.5. The van der Waals surface area contributed by atoms with Gasteiger partial charge in [0.25, 0.3) is 0 Å². The molecule has 3 heterocycles. The van der Waals surface area contributed by atoms with Gasteiger partial charge in [0.2, 0.25) is 5.91 Å². The number of ether oxygens (including phenoxy) is 1. The van der Waals surface area contributed by atoms with Gasteiger partial charge in [-0.1, -0.05) is 30.3 Å². The van der Waals surface area contributed by atoms with Crippen LogP contribution in [-0.2, 0) is 16.1 Å². The van der Waals surface area contributed by atoms with Gasteiger partial charge in [0.15, 0.2) is 5.96 Å². The van der Waals surface area contributed by atoms with E-state index in [1.54, 1.807) is 19.0 Å². The maximum atomic E-state index is 12.1. The Bertz CT molecular complexity index is 734. The molecule has 1 aromatic rings. The van der Waals surface area contributed by atoms with Crippen molar-refractivity contribution in [2.24, 2.45) is 4.99 Å². The standard InChI is InChI=1S/C24H37N5O2/c1-28(2)23(30)16-26-24(25-15-22-9-6-12-31-22)27-19-13-20-10-11-21(14-19)29(20)17-18-7-4-3-5-8-18/h3-5,7-8,19-22H,6,9-17H2,1-2H3,(H2,25,26,27). The third-order valence-electron chi connectivity index (χ3n) is 6.83. The van der Waals surface area contributed by atoms with E-state index in [-0.39, 0.29) is 18.6 Å². The second-order valence-electron chi connectivity index (χ2n) is 9.32. The highest BCUT2D eigenvalue weighted by Crippen LogP contribution is 2.36. The van der Waals surface area contributed by atoms with Crippen LogP contribution in [0.1, 0.15) is 44.1 Å². The fraction of sp³-hybridized carbons (Fsp3) is 0.667. The van der Waals surface area contributed by atoms with Crippen LogP contribution in [0.2, 0.25) is 0 Å². The zero-order valence-corrected chi connectivity index (χ0v) is 18.9. The molecule has 0 aliphatic carbocycles. The zero-order valence-electron chi connectivity index (χ0n) is 18.9. The minimum absolute atomic E-state index is 0.0102. The number of nitrogens with one attached hydrogen (secondary N) is 2. The lowest BCUT2D eigenvalue weighted by Crippen LogP contribution is -2.53. The number of fused-ring (bicyclic) bond motifs is 2. The van der Waals surface area contributed by atoms with Crippen LogP contribution in [0.4, 0.5) is 0 Å². The highest BCUT2D eigenvalue weighted by atomic mass is 16.5. The molecule has 3 unspecified atom stereocenters. The first-order valence-electron chi connectivity index (χ1n) is 11.7. The Morgan fingerprint density at radius 3 is 2.55 bits per heavy atom. The van der Waals surface area contributed by atoms with Crippen LogP contribution in [0.15, 0.2) is 35.3 Å². The van der Waals surface area contributed by atoms with Crippen LogP contribution in [0, 0.1) is 0 Å². The van der Waals surface area contributed by atoms with Crippen molar-refractivity contribution in [1.29, 1.82) is 0 Å². The van der Waals surface area contributed by atoms with Gasteiger partial charge in [-0.05, 0) is 44.1 Å². The van der Waals surface area contributed by atoms with Gasteiger partial charge in [-0.25, -0.2) is 4.99 Å². The van der Waals surface area contributed by atoms with E-state index >= 15 is 0 Å². The summed E-state index contributed by atoms with van der Waals surface area (Å²) in [6.07, 6.45) is 7.21. The second-order valence-corrected chi connectivity index (χ2v) is 9.32. The predicted molar refractivity (Wildman–Crippen MR) is 123 cm³/mol. The Kier molecular flexibility index (Phi) is 7.45. The number of aliphatic imine (C=N–C) groups is 1. The first-order valence-corrected chi connectivity index (χ1v) is 11.7. The van der Waals surface area contributed by atoms with E-state index in [4.69, 9.17) is 4.74 Å². The van der Waals surface area contributed by atoms with E-state index < -0.39 is 0 Å². The Hall–Kier alpha value is -2.12. The summed E-state index contributed by atoms with van der Waals surface area (Å²) in [4.78, 5) is 20.9. The number of likely N-dealkylation sites (N-methyl/N-ethyl adjacent to an activating group) is 1. The molecule has 1 amide bonds. The van der Waals surface area contributed by atoms with Crippen molar-refractivity contribution < 1.29 is 9.53 Å². The fourth-order valence-electron chi connectivity index (χ4n) is 5.09. The molecule has 0 saturated carbocycles. The van der Waals surface area contributed by atoms with Gasteiger partial charge in [-0.2, -0.15) is 0 Å². The van der Waals surface area contributed by atoms with Crippen LogP contribution in [-0.4, -0.2) is 79.7 Å². The molecule has 170 valence electrons. The third kappa shape index (κ3) is 5.98. The van der Waals surface area contributed by atoms with Gasteiger partial charge in [-0.3, -0.25) is 9.69 Å². The van der Waals surface area contributed by atoms with Gasteiger partial charge in [0, 0.05) is 51.9 Å². The summed E-state index contributed by atoms with van der Waals surface area (Å²) in [5, 5.41) is 7.08. The summed E-state index contributed by atoms with van der Waals surface area (Å²) < 4.78 is 5.74. The minimum atomic E-state index is 0.0102. The third-order valence-corrected chi connectivity index (χ3v) is 6.83. The summed E-state index contributed by atoms with van der Waals surface area (Å²) in [5.74, 6) is 0.752. The zero-order chi connectivity index (χ0) is 21.6. The number of piperidine rings is 1. The number of nitrogens with zero attached hydrogens (tertiary/aromatic N) is 3. The number of guanidine groups is 1. The quantitative estimate of drug-likeness (QED) is 0.515. The van der Waals surface area contributed by atoms with Crippen LogP contribution in [0.3, 0.4) is 0 Å². The van der Waals surface area contributed by atoms with Crippen LogP contribution in [0.5, 0.6) is 0 Å². The van der Waals surface area contributed by atoms with Crippen LogP contribution < -0.4 is 10.6 Å². The fourth-order valence-corrected chi connectivity index (χ4v) is 5.09. The molecule has 3 aliphatic heterocycles. The van der Waals surface area contributed by atoms with E-state index in [0.29, 0.717) is 18.1 Å². The molecule has 2 bridgehead atoms. The van der Waals surface area contributed by atoms with Crippen molar-refractivity contribution in [1.82, 2.24) is 20.4 Å². The predicted octanol–water partition coefficient (Wildman–Crippen LogP) is 1.98. The maximum absolute atomic E-state index is 12.1.